The third kappa shape index (κ3) is 4.07. The Kier molecular flexibility index (Phi) is 5.80. The molecule has 1 N–H and O–H groups in total. The lowest BCUT2D eigenvalue weighted by molar-refractivity contribution is -0.138. The number of ether oxygens (including phenoxy) is 1. The number of carbonyl (C=O) groups excluding carboxylic acids is 1. The molecule has 1 fully saturated rings. The predicted molar refractivity (Wildman–Crippen MR) is 123 cm³/mol. The molecule has 0 radical (unpaired) electrons. The Hall–Kier alpha value is -2.44. The van der Waals surface area contributed by atoms with Gasteiger partial charge >= 0.3 is 5.97 Å². The normalized spacial score (nSPS) is 19.2. The van der Waals surface area contributed by atoms with Crippen molar-refractivity contribution in [2.75, 3.05) is 6.61 Å². The molecule has 0 saturated heterocycles. The van der Waals surface area contributed by atoms with Crippen LogP contribution in [0.25, 0.3) is 6.08 Å². The highest BCUT2D eigenvalue weighted by Gasteiger charge is 2.34. The van der Waals surface area contributed by atoms with E-state index in [1.165, 1.54) is 30.3 Å². The number of carbonyl (C=O) groups is 1. The molecule has 0 bridgehead atoms. The molecule has 0 unspecified atom stereocenters. The van der Waals surface area contributed by atoms with Crippen LogP contribution in [0.5, 0.6) is 0 Å². The van der Waals surface area contributed by atoms with Crippen LogP contribution in [-0.4, -0.2) is 27.3 Å². The summed E-state index contributed by atoms with van der Waals surface area (Å²) in [6.07, 6.45) is 4.33. The Balaban J connectivity index is 1.74. The number of benzene rings is 1. The van der Waals surface area contributed by atoms with Gasteiger partial charge in [-0.15, -0.1) is 0 Å². The number of rotatable bonds is 5. The minimum Gasteiger partial charge on any atom is -0.506 e. The molecule has 2 aromatic rings. The van der Waals surface area contributed by atoms with Crippen LogP contribution in [0.1, 0.15) is 42.8 Å². The van der Waals surface area contributed by atoms with Gasteiger partial charge in [-0.25, -0.2) is 9.79 Å². The second-order valence-corrected chi connectivity index (χ2v) is 8.84. The average Bonchev–Trinajstić information content (AvgIpc) is 3.43. The molecule has 1 aromatic heterocycles. The summed E-state index contributed by atoms with van der Waals surface area (Å²) in [6.45, 7) is 6.14. The largest absolute Gasteiger partial charge is 0.506 e. The number of esters is 1. The second kappa shape index (κ2) is 8.36. The number of aliphatic hydroxyl groups is 1. The molecule has 1 aliphatic heterocycles. The molecule has 1 aromatic carbocycles. The number of aryl methyl sites for hydroxylation is 1. The van der Waals surface area contributed by atoms with Crippen LogP contribution in [0, 0.1) is 13.8 Å². The van der Waals surface area contributed by atoms with E-state index in [4.69, 9.17) is 16.3 Å². The number of hydrogen-bond acceptors (Lipinski definition) is 5. The molecular formula is C23H23ClN2O3S. The zero-order valence-corrected chi connectivity index (χ0v) is 18.7. The van der Waals surface area contributed by atoms with E-state index in [-0.39, 0.29) is 17.9 Å². The van der Waals surface area contributed by atoms with Crippen molar-refractivity contribution in [3.05, 3.63) is 68.5 Å². The SMILES string of the molecule is CCOC(=O)C1=C(O)/C(=C/c2cc(C)n(C3CC3)c2C)SC1=Nc1ccc(Cl)cc1. The van der Waals surface area contributed by atoms with Crippen LogP contribution in [0.3, 0.4) is 0 Å². The lowest BCUT2D eigenvalue weighted by atomic mass is 10.2. The van der Waals surface area contributed by atoms with Crippen LogP contribution >= 0.6 is 23.4 Å². The first-order valence-electron chi connectivity index (χ1n) is 9.92. The number of aliphatic imine (C=N–C) groups is 1. The summed E-state index contributed by atoms with van der Waals surface area (Å²) in [5.41, 5.74) is 4.14. The van der Waals surface area contributed by atoms with Gasteiger partial charge in [-0.2, -0.15) is 0 Å². The van der Waals surface area contributed by atoms with Gasteiger partial charge in [0.15, 0.2) is 0 Å². The maximum atomic E-state index is 12.5. The summed E-state index contributed by atoms with van der Waals surface area (Å²) in [7, 11) is 0. The van der Waals surface area contributed by atoms with E-state index in [1.807, 2.05) is 6.08 Å². The quantitative estimate of drug-likeness (QED) is 0.553. The monoisotopic (exact) mass is 442 g/mol. The fraction of sp³-hybridized carbons (Fsp3) is 0.304. The van der Waals surface area contributed by atoms with E-state index in [0.29, 0.717) is 26.7 Å². The van der Waals surface area contributed by atoms with E-state index < -0.39 is 5.97 Å². The van der Waals surface area contributed by atoms with Gasteiger partial charge in [-0.3, -0.25) is 0 Å². The molecule has 5 nitrogen and oxygen atoms in total. The van der Waals surface area contributed by atoms with Crippen molar-refractivity contribution in [2.24, 2.45) is 4.99 Å². The highest BCUT2D eigenvalue weighted by molar-refractivity contribution is 8.18. The minimum atomic E-state index is -0.581. The highest BCUT2D eigenvalue weighted by Crippen LogP contribution is 2.42. The van der Waals surface area contributed by atoms with Crippen molar-refractivity contribution >= 4 is 46.1 Å². The Morgan fingerprint density at radius 3 is 2.67 bits per heavy atom. The van der Waals surface area contributed by atoms with Gasteiger partial charge in [0.25, 0.3) is 0 Å². The number of nitrogens with zero attached hydrogens (tertiary/aromatic N) is 2. The first-order chi connectivity index (χ1) is 14.4. The Morgan fingerprint density at radius 1 is 1.33 bits per heavy atom. The summed E-state index contributed by atoms with van der Waals surface area (Å²) in [4.78, 5) is 17.7. The van der Waals surface area contributed by atoms with Crippen LogP contribution in [0.15, 0.2) is 51.6 Å². The zero-order chi connectivity index (χ0) is 21.4. The summed E-state index contributed by atoms with van der Waals surface area (Å²) in [5, 5.41) is 11.9. The van der Waals surface area contributed by atoms with Crippen molar-refractivity contribution in [3.63, 3.8) is 0 Å². The van der Waals surface area contributed by atoms with Gasteiger partial charge in [-0.1, -0.05) is 23.4 Å². The summed E-state index contributed by atoms with van der Waals surface area (Å²) in [6, 6.07) is 9.69. The van der Waals surface area contributed by atoms with E-state index in [0.717, 1.165) is 11.3 Å². The third-order valence-electron chi connectivity index (χ3n) is 5.15. The molecule has 0 atom stereocenters. The van der Waals surface area contributed by atoms with Crippen LogP contribution in [0.2, 0.25) is 5.02 Å². The Labute approximate surface area is 185 Å². The van der Waals surface area contributed by atoms with Crippen LogP contribution < -0.4 is 0 Å². The standard InChI is InChI=1S/C23H23ClN2O3S/c1-4-29-23(28)20-21(27)19(30-22(20)25-17-7-5-16(24)6-8-17)12-15-11-13(2)26(14(15)3)18-9-10-18/h5-8,11-12,18,27H,4,9-10H2,1-3H3/b19-12-,25-22?. The molecule has 0 amide bonds. The van der Waals surface area contributed by atoms with Gasteiger partial charge in [0.2, 0.25) is 0 Å². The van der Waals surface area contributed by atoms with E-state index in [1.54, 1.807) is 31.2 Å². The molecule has 0 spiro atoms. The van der Waals surface area contributed by atoms with Gasteiger partial charge in [-0.05, 0) is 75.6 Å². The maximum Gasteiger partial charge on any atom is 0.344 e. The van der Waals surface area contributed by atoms with Crippen molar-refractivity contribution in [1.82, 2.24) is 4.57 Å². The molecule has 1 aliphatic carbocycles. The van der Waals surface area contributed by atoms with Gasteiger partial charge in [0, 0.05) is 22.5 Å². The lowest BCUT2D eigenvalue weighted by Gasteiger charge is -2.07. The van der Waals surface area contributed by atoms with Crippen molar-refractivity contribution in [3.8, 4) is 0 Å². The number of thioether (sulfide) groups is 1. The maximum absolute atomic E-state index is 12.5. The van der Waals surface area contributed by atoms with E-state index in [9.17, 15) is 9.90 Å². The van der Waals surface area contributed by atoms with Gasteiger partial charge < -0.3 is 14.4 Å². The van der Waals surface area contributed by atoms with Gasteiger partial charge in [0.05, 0.1) is 17.2 Å². The molecule has 156 valence electrons. The average molecular weight is 443 g/mol. The van der Waals surface area contributed by atoms with E-state index in [2.05, 4.69) is 29.5 Å². The number of hydrogen-bond donors (Lipinski definition) is 1. The molecule has 7 heteroatoms. The molecular weight excluding hydrogens is 420 g/mol. The first-order valence-corrected chi connectivity index (χ1v) is 11.1. The third-order valence-corrected chi connectivity index (χ3v) is 6.42. The lowest BCUT2D eigenvalue weighted by Crippen LogP contribution is -2.12. The zero-order valence-electron chi connectivity index (χ0n) is 17.1. The molecule has 1 saturated carbocycles. The van der Waals surface area contributed by atoms with Gasteiger partial charge in [0.1, 0.15) is 16.4 Å². The molecule has 2 aliphatic rings. The van der Waals surface area contributed by atoms with Crippen molar-refractivity contribution in [1.29, 1.82) is 0 Å². The fourth-order valence-corrected chi connectivity index (χ4v) is 4.76. The predicted octanol–water partition coefficient (Wildman–Crippen LogP) is 6.29. The highest BCUT2D eigenvalue weighted by atomic mass is 35.5. The van der Waals surface area contributed by atoms with Crippen LogP contribution in [-0.2, 0) is 9.53 Å². The topological polar surface area (TPSA) is 63.8 Å². The van der Waals surface area contributed by atoms with Crippen molar-refractivity contribution < 1.29 is 14.6 Å². The molecule has 2 heterocycles. The summed E-state index contributed by atoms with van der Waals surface area (Å²) in [5.74, 6) is -0.676. The molecule has 30 heavy (non-hydrogen) atoms. The number of halogens is 1. The van der Waals surface area contributed by atoms with Crippen molar-refractivity contribution in [2.45, 2.75) is 39.7 Å². The van der Waals surface area contributed by atoms with E-state index >= 15 is 0 Å². The first kappa shape index (κ1) is 20.8. The summed E-state index contributed by atoms with van der Waals surface area (Å²) >= 11 is 7.22. The second-order valence-electron chi connectivity index (χ2n) is 7.38. The van der Waals surface area contributed by atoms with Crippen LogP contribution in [0.4, 0.5) is 5.69 Å². The minimum absolute atomic E-state index is 0.0950. The number of aliphatic hydroxyl groups excluding tert-OH is 1. The smallest absolute Gasteiger partial charge is 0.344 e. The molecule has 4 rings (SSSR count). The summed E-state index contributed by atoms with van der Waals surface area (Å²) < 4.78 is 7.51. The number of aromatic nitrogens is 1. The Bertz CT molecular complexity index is 1090. The fourth-order valence-electron chi connectivity index (χ4n) is 3.61. The Morgan fingerprint density at radius 2 is 2.03 bits per heavy atom.